The molecule has 3 atom stereocenters. The van der Waals surface area contributed by atoms with Crippen molar-refractivity contribution in [2.45, 2.75) is 38.3 Å². The zero-order valence-electron chi connectivity index (χ0n) is 9.39. The highest BCUT2D eigenvalue weighted by Gasteiger charge is 2.42. The molecule has 0 saturated carbocycles. The van der Waals surface area contributed by atoms with Crippen molar-refractivity contribution in [1.29, 1.82) is 0 Å². The molecule has 0 aromatic rings. The van der Waals surface area contributed by atoms with E-state index in [2.05, 4.69) is 0 Å². The lowest BCUT2D eigenvalue weighted by atomic mass is 10.0. The van der Waals surface area contributed by atoms with Crippen LogP contribution in [0, 0.1) is 5.92 Å². The summed E-state index contributed by atoms with van der Waals surface area (Å²) in [4.78, 5) is 24.6. The van der Waals surface area contributed by atoms with Gasteiger partial charge in [-0.3, -0.25) is 4.79 Å². The van der Waals surface area contributed by atoms with Crippen LogP contribution in [-0.2, 0) is 14.3 Å². The normalized spacial score (nSPS) is 34.3. The lowest BCUT2D eigenvalue weighted by Crippen LogP contribution is -2.46. The minimum absolute atomic E-state index is 0.0304. The van der Waals surface area contributed by atoms with Crippen LogP contribution in [0.1, 0.15) is 26.2 Å². The molecular weight excluding hydrogens is 210 g/mol. The van der Waals surface area contributed by atoms with Crippen LogP contribution in [-0.4, -0.2) is 47.2 Å². The molecule has 2 saturated heterocycles. The molecule has 2 aliphatic rings. The summed E-state index contributed by atoms with van der Waals surface area (Å²) in [5.41, 5.74) is 0. The number of carboxylic acids is 1. The minimum atomic E-state index is -0.906. The van der Waals surface area contributed by atoms with Gasteiger partial charge in [-0.25, -0.2) is 4.79 Å². The fraction of sp³-hybridized carbons (Fsp3) is 0.818. The van der Waals surface area contributed by atoms with Gasteiger partial charge in [-0.2, -0.15) is 0 Å². The molecular formula is C11H17NO4. The number of amides is 1. The zero-order chi connectivity index (χ0) is 11.7. The highest BCUT2D eigenvalue weighted by Crippen LogP contribution is 2.27. The molecule has 1 N–H and O–H groups in total. The van der Waals surface area contributed by atoms with E-state index in [0.717, 1.165) is 19.3 Å². The van der Waals surface area contributed by atoms with E-state index >= 15 is 0 Å². The number of hydrogen-bond acceptors (Lipinski definition) is 3. The molecule has 2 rings (SSSR count). The summed E-state index contributed by atoms with van der Waals surface area (Å²) in [6, 6.07) is -0.670. The summed E-state index contributed by atoms with van der Waals surface area (Å²) in [6.07, 6.45) is 1.95. The third-order valence-corrected chi connectivity index (χ3v) is 3.44. The van der Waals surface area contributed by atoms with Gasteiger partial charge in [-0.05, 0) is 25.2 Å². The summed E-state index contributed by atoms with van der Waals surface area (Å²) in [6.45, 7) is 3.02. The lowest BCUT2D eigenvalue weighted by Gasteiger charge is -2.25. The van der Waals surface area contributed by atoms with Crippen LogP contribution in [0.3, 0.4) is 0 Å². The van der Waals surface area contributed by atoms with Crippen molar-refractivity contribution in [2.75, 3.05) is 13.2 Å². The zero-order valence-corrected chi connectivity index (χ0v) is 9.39. The van der Waals surface area contributed by atoms with Crippen molar-refractivity contribution in [2.24, 2.45) is 5.92 Å². The van der Waals surface area contributed by atoms with E-state index in [-0.39, 0.29) is 11.8 Å². The number of aliphatic carboxylic acids is 1. The summed E-state index contributed by atoms with van der Waals surface area (Å²) in [5.74, 6) is -1.02. The largest absolute Gasteiger partial charge is 0.480 e. The maximum absolute atomic E-state index is 12.0. The number of rotatable bonds is 2. The second-order valence-electron chi connectivity index (χ2n) is 4.58. The number of nitrogens with zero attached hydrogens (tertiary/aromatic N) is 1. The smallest absolute Gasteiger partial charge is 0.326 e. The summed E-state index contributed by atoms with van der Waals surface area (Å²) < 4.78 is 5.31. The van der Waals surface area contributed by atoms with Gasteiger partial charge < -0.3 is 14.7 Å². The van der Waals surface area contributed by atoms with Gasteiger partial charge in [-0.1, -0.05) is 6.92 Å². The van der Waals surface area contributed by atoms with Gasteiger partial charge in [0, 0.05) is 13.2 Å². The van der Waals surface area contributed by atoms with E-state index in [0.29, 0.717) is 13.2 Å². The topological polar surface area (TPSA) is 66.8 Å². The minimum Gasteiger partial charge on any atom is -0.480 e. The number of likely N-dealkylation sites (tertiary alicyclic amines) is 1. The average Bonchev–Trinajstić information content (AvgIpc) is 2.84. The van der Waals surface area contributed by atoms with Crippen molar-refractivity contribution < 1.29 is 19.4 Å². The molecule has 90 valence electrons. The molecule has 0 aromatic carbocycles. The second-order valence-corrected chi connectivity index (χ2v) is 4.58. The van der Waals surface area contributed by atoms with Crippen LogP contribution in [0.25, 0.3) is 0 Å². The highest BCUT2D eigenvalue weighted by atomic mass is 16.5. The maximum Gasteiger partial charge on any atom is 0.326 e. The third kappa shape index (κ3) is 1.91. The molecule has 0 aromatic heterocycles. The van der Waals surface area contributed by atoms with Crippen LogP contribution in [0.5, 0.6) is 0 Å². The Hall–Kier alpha value is -1.10. The Balaban J connectivity index is 2.07. The van der Waals surface area contributed by atoms with Gasteiger partial charge in [-0.15, -0.1) is 0 Å². The average molecular weight is 227 g/mol. The van der Waals surface area contributed by atoms with E-state index < -0.39 is 18.1 Å². The van der Waals surface area contributed by atoms with Crippen molar-refractivity contribution in [3.63, 3.8) is 0 Å². The Bertz CT molecular complexity index is 298. The molecule has 2 heterocycles. The first-order chi connectivity index (χ1) is 7.61. The van der Waals surface area contributed by atoms with Crippen LogP contribution in [0.15, 0.2) is 0 Å². The van der Waals surface area contributed by atoms with Crippen LogP contribution >= 0.6 is 0 Å². The van der Waals surface area contributed by atoms with Crippen molar-refractivity contribution >= 4 is 11.9 Å². The number of carboxylic acid groups (broad SMARTS) is 1. The van der Waals surface area contributed by atoms with E-state index in [4.69, 9.17) is 9.84 Å². The molecule has 5 heteroatoms. The molecule has 0 spiro atoms. The quantitative estimate of drug-likeness (QED) is 0.745. The molecule has 2 unspecified atom stereocenters. The van der Waals surface area contributed by atoms with Gasteiger partial charge in [0.2, 0.25) is 0 Å². The molecule has 2 aliphatic heterocycles. The first kappa shape index (κ1) is 11.4. The number of ether oxygens (including phenoxy) is 1. The number of hydrogen-bond donors (Lipinski definition) is 1. The SMILES string of the molecule is CC1CCN(C(=O)[C@H]2CCCO2)C1C(=O)O. The van der Waals surface area contributed by atoms with Gasteiger partial charge in [0.05, 0.1) is 0 Å². The summed E-state index contributed by atoms with van der Waals surface area (Å²) in [7, 11) is 0. The molecule has 0 bridgehead atoms. The van der Waals surface area contributed by atoms with Crippen LogP contribution in [0.2, 0.25) is 0 Å². The standard InChI is InChI=1S/C11H17NO4/c1-7-4-5-12(9(7)11(14)15)10(13)8-3-2-6-16-8/h7-9H,2-6H2,1H3,(H,14,15)/t7?,8-,9?/m1/s1. The summed E-state index contributed by atoms with van der Waals surface area (Å²) in [5, 5.41) is 9.11. The Morgan fingerprint density at radius 2 is 2.12 bits per heavy atom. The molecule has 16 heavy (non-hydrogen) atoms. The number of carbonyl (C=O) groups is 2. The van der Waals surface area contributed by atoms with Gasteiger partial charge in [0.25, 0.3) is 5.91 Å². The summed E-state index contributed by atoms with van der Waals surface area (Å²) >= 11 is 0. The molecule has 5 nitrogen and oxygen atoms in total. The van der Waals surface area contributed by atoms with E-state index in [1.165, 1.54) is 4.90 Å². The predicted octanol–water partition coefficient (Wildman–Crippen LogP) is 0.487. The molecule has 0 radical (unpaired) electrons. The highest BCUT2D eigenvalue weighted by molar-refractivity contribution is 5.87. The van der Waals surface area contributed by atoms with Crippen LogP contribution < -0.4 is 0 Å². The molecule has 1 amide bonds. The Kier molecular flexibility index (Phi) is 3.14. The Morgan fingerprint density at radius 1 is 1.38 bits per heavy atom. The fourth-order valence-electron chi connectivity index (χ4n) is 2.53. The van der Waals surface area contributed by atoms with Crippen molar-refractivity contribution in [1.82, 2.24) is 4.90 Å². The van der Waals surface area contributed by atoms with Crippen LogP contribution in [0.4, 0.5) is 0 Å². The fourth-order valence-corrected chi connectivity index (χ4v) is 2.53. The van der Waals surface area contributed by atoms with Gasteiger partial charge in [0.1, 0.15) is 12.1 Å². The Labute approximate surface area is 94.4 Å². The second kappa shape index (κ2) is 4.41. The number of carbonyl (C=O) groups excluding carboxylic acids is 1. The van der Waals surface area contributed by atoms with Crippen molar-refractivity contribution in [3.8, 4) is 0 Å². The van der Waals surface area contributed by atoms with E-state index in [9.17, 15) is 9.59 Å². The van der Waals surface area contributed by atoms with Crippen molar-refractivity contribution in [3.05, 3.63) is 0 Å². The first-order valence-corrected chi connectivity index (χ1v) is 5.76. The lowest BCUT2D eigenvalue weighted by molar-refractivity contribution is -0.153. The first-order valence-electron chi connectivity index (χ1n) is 5.76. The maximum atomic E-state index is 12.0. The predicted molar refractivity (Wildman–Crippen MR) is 55.9 cm³/mol. The van der Waals surface area contributed by atoms with Gasteiger partial charge >= 0.3 is 5.97 Å². The van der Waals surface area contributed by atoms with Gasteiger partial charge in [0.15, 0.2) is 0 Å². The molecule has 2 fully saturated rings. The third-order valence-electron chi connectivity index (χ3n) is 3.44. The van der Waals surface area contributed by atoms with E-state index in [1.807, 2.05) is 6.92 Å². The van der Waals surface area contributed by atoms with E-state index in [1.54, 1.807) is 0 Å². The Morgan fingerprint density at radius 3 is 2.69 bits per heavy atom. The molecule has 0 aliphatic carbocycles. The monoisotopic (exact) mass is 227 g/mol.